The molecule has 3 aromatic rings. The first kappa shape index (κ1) is 16.7. The minimum atomic E-state index is -1.02. The SMILES string of the molecule is Cc1ccc(-c2ccc(C#Cc3cccc(F)c3F)cn2)c(F)c1F. The van der Waals surface area contributed by atoms with E-state index in [0.29, 0.717) is 5.56 Å². The smallest absolute Gasteiger partial charge is 0.174 e. The van der Waals surface area contributed by atoms with E-state index in [0.717, 1.165) is 6.07 Å². The highest BCUT2D eigenvalue weighted by atomic mass is 19.2. The molecule has 0 N–H and O–H groups in total. The van der Waals surface area contributed by atoms with Gasteiger partial charge in [-0.2, -0.15) is 0 Å². The summed E-state index contributed by atoms with van der Waals surface area (Å²) < 4.78 is 54.3. The summed E-state index contributed by atoms with van der Waals surface area (Å²) >= 11 is 0. The van der Waals surface area contributed by atoms with E-state index in [9.17, 15) is 17.6 Å². The maximum absolute atomic E-state index is 14.0. The summed E-state index contributed by atoms with van der Waals surface area (Å²) in [5.41, 5.74) is 0.856. The molecule has 0 radical (unpaired) electrons. The van der Waals surface area contributed by atoms with Gasteiger partial charge in [-0.3, -0.25) is 4.98 Å². The summed E-state index contributed by atoms with van der Waals surface area (Å²) in [6, 6.07) is 9.67. The highest BCUT2D eigenvalue weighted by molar-refractivity contribution is 5.61. The first-order valence-electron chi connectivity index (χ1n) is 7.34. The zero-order valence-corrected chi connectivity index (χ0v) is 13.1. The number of nitrogens with zero attached hydrogens (tertiary/aromatic N) is 1. The van der Waals surface area contributed by atoms with Crippen LogP contribution in [-0.2, 0) is 0 Å². The number of hydrogen-bond donors (Lipinski definition) is 0. The Kier molecular flexibility index (Phi) is 4.53. The first-order chi connectivity index (χ1) is 12.0. The lowest BCUT2D eigenvalue weighted by Crippen LogP contribution is -1.95. The lowest BCUT2D eigenvalue weighted by atomic mass is 10.1. The number of pyridine rings is 1. The average molecular weight is 341 g/mol. The second-order valence-corrected chi connectivity index (χ2v) is 5.34. The van der Waals surface area contributed by atoms with Gasteiger partial charge in [-0.25, -0.2) is 17.6 Å². The van der Waals surface area contributed by atoms with Crippen molar-refractivity contribution in [2.45, 2.75) is 6.92 Å². The summed E-state index contributed by atoms with van der Waals surface area (Å²) in [5, 5.41) is 0. The van der Waals surface area contributed by atoms with Gasteiger partial charge in [0.25, 0.3) is 0 Å². The van der Waals surface area contributed by atoms with Crippen LogP contribution in [0.25, 0.3) is 11.3 Å². The molecule has 124 valence electrons. The normalized spacial score (nSPS) is 10.3. The third kappa shape index (κ3) is 3.38. The average Bonchev–Trinajstić information content (AvgIpc) is 2.62. The van der Waals surface area contributed by atoms with Crippen LogP contribution >= 0.6 is 0 Å². The van der Waals surface area contributed by atoms with Gasteiger partial charge in [-0.1, -0.05) is 24.0 Å². The zero-order valence-electron chi connectivity index (χ0n) is 13.1. The van der Waals surface area contributed by atoms with E-state index < -0.39 is 23.3 Å². The van der Waals surface area contributed by atoms with Gasteiger partial charge in [-0.05, 0) is 42.8 Å². The van der Waals surface area contributed by atoms with E-state index >= 15 is 0 Å². The predicted octanol–water partition coefficient (Wildman–Crippen LogP) is 5.01. The predicted molar refractivity (Wildman–Crippen MR) is 86.7 cm³/mol. The van der Waals surface area contributed by atoms with Crippen molar-refractivity contribution in [1.29, 1.82) is 0 Å². The minimum absolute atomic E-state index is 0.0405. The van der Waals surface area contributed by atoms with E-state index in [4.69, 9.17) is 0 Å². The number of hydrogen-bond acceptors (Lipinski definition) is 1. The van der Waals surface area contributed by atoms with Crippen LogP contribution in [0.1, 0.15) is 16.7 Å². The highest BCUT2D eigenvalue weighted by Crippen LogP contribution is 2.24. The van der Waals surface area contributed by atoms with Crippen molar-refractivity contribution in [3.05, 3.63) is 88.6 Å². The van der Waals surface area contributed by atoms with Crippen LogP contribution in [-0.4, -0.2) is 4.98 Å². The van der Waals surface area contributed by atoms with Crippen molar-refractivity contribution in [3.8, 4) is 23.1 Å². The van der Waals surface area contributed by atoms with Crippen molar-refractivity contribution in [3.63, 3.8) is 0 Å². The van der Waals surface area contributed by atoms with Crippen LogP contribution in [0.4, 0.5) is 17.6 Å². The molecule has 2 aromatic carbocycles. The Bertz CT molecular complexity index is 999. The van der Waals surface area contributed by atoms with Crippen LogP contribution < -0.4 is 0 Å². The number of halogens is 4. The molecule has 0 saturated heterocycles. The largest absolute Gasteiger partial charge is 0.255 e. The fraction of sp³-hybridized carbons (Fsp3) is 0.0500. The Balaban J connectivity index is 1.91. The molecule has 0 atom stereocenters. The standard InChI is InChI=1S/C20H11F4N/c1-12-5-9-15(20(24)18(12)22)17-10-7-13(11-25-17)6-8-14-3-2-4-16(21)19(14)23/h2-5,7,9-11H,1H3. The molecule has 0 saturated carbocycles. The van der Waals surface area contributed by atoms with E-state index in [1.807, 2.05) is 0 Å². The Morgan fingerprint density at radius 3 is 2.32 bits per heavy atom. The lowest BCUT2D eigenvalue weighted by Gasteiger charge is -2.05. The highest BCUT2D eigenvalue weighted by Gasteiger charge is 2.13. The van der Waals surface area contributed by atoms with Crippen molar-refractivity contribution in [2.75, 3.05) is 0 Å². The van der Waals surface area contributed by atoms with Gasteiger partial charge < -0.3 is 0 Å². The lowest BCUT2D eigenvalue weighted by molar-refractivity contribution is 0.505. The molecular formula is C20H11F4N. The second kappa shape index (κ2) is 6.78. The van der Waals surface area contributed by atoms with Crippen molar-refractivity contribution in [1.82, 2.24) is 4.98 Å². The summed E-state index contributed by atoms with van der Waals surface area (Å²) in [5.74, 6) is 1.31. The molecule has 0 spiro atoms. The summed E-state index contributed by atoms with van der Waals surface area (Å²) in [4.78, 5) is 4.06. The van der Waals surface area contributed by atoms with Crippen LogP contribution in [0.15, 0.2) is 48.7 Å². The molecule has 1 aromatic heterocycles. The Morgan fingerprint density at radius 2 is 1.60 bits per heavy atom. The molecule has 25 heavy (non-hydrogen) atoms. The van der Waals surface area contributed by atoms with Gasteiger partial charge >= 0.3 is 0 Å². The van der Waals surface area contributed by atoms with Crippen LogP contribution in [0.3, 0.4) is 0 Å². The summed E-state index contributed by atoms with van der Waals surface area (Å²) in [7, 11) is 0. The van der Waals surface area contributed by atoms with Crippen molar-refractivity contribution in [2.24, 2.45) is 0 Å². The molecule has 3 rings (SSSR count). The van der Waals surface area contributed by atoms with Gasteiger partial charge in [0.2, 0.25) is 0 Å². The fourth-order valence-corrected chi connectivity index (χ4v) is 2.21. The van der Waals surface area contributed by atoms with E-state index in [-0.39, 0.29) is 22.4 Å². The Morgan fingerprint density at radius 1 is 0.800 bits per heavy atom. The van der Waals surface area contributed by atoms with Gasteiger partial charge in [0, 0.05) is 17.3 Å². The molecule has 0 aliphatic rings. The number of aromatic nitrogens is 1. The molecular weight excluding hydrogens is 330 g/mol. The number of aryl methyl sites for hydroxylation is 1. The topological polar surface area (TPSA) is 12.9 Å². The minimum Gasteiger partial charge on any atom is -0.255 e. The first-order valence-corrected chi connectivity index (χ1v) is 7.34. The Labute approximate surface area is 142 Å². The van der Waals surface area contributed by atoms with E-state index in [1.54, 1.807) is 6.07 Å². The van der Waals surface area contributed by atoms with Gasteiger partial charge in [0.1, 0.15) is 0 Å². The molecule has 0 fully saturated rings. The van der Waals surface area contributed by atoms with E-state index in [1.165, 1.54) is 43.5 Å². The molecule has 1 nitrogen and oxygen atoms in total. The van der Waals surface area contributed by atoms with Gasteiger partial charge in [0.05, 0.1) is 11.3 Å². The molecule has 0 unspecified atom stereocenters. The van der Waals surface area contributed by atoms with Crippen molar-refractivity contribution < 1.29 is 17.6 Å². The van der Waals surface area contributed by atoms with Crippen LogP contribution in [0.5, 0.6) is 0 Å². The third-order valence-electron chi connectivity index (χ3n) is 3.61. The molecule has 0 aliphatic heterocycles. The van der Waals surface area contributed by atoms with Crippen LogP contribution in [0.2, 0.25) is 0 Å². The monoisotopic (exact) mass is 341 g/mol. The quantitative estimate of drug-likeness (QED) is 0.448. The zero-order chi connectivity index (χ0) is 18.0. The second-order valence-electron chi connectivity index (χ2n) is 5.34. The summed E-state index contributed by atoms with van der Waals surface area (Å²) in [6.45, 7) is 1.47. The number of rotatable bonds is 1. The molecule has 0 bridgehead atoms. The van der Waals surface area contributed by atoms with Gasteiger partial charge in [-0.15, -0.1) is 0 Å². The van der Waals surface area contributed by atoms with Gasteiger partial charge in [0.15, 0.2) is 23.3 Å². The Hall–Kier alpha value is -3.13. The maximum Gasteiger partial charge on any atom is 0.174 e. The maximum atomic E-state index is 14.0. The number of benzene rings is 2. The fourth-order valence-electron chi connectivity index (χ4n) is 2.21. The van der Waals surface area contributed by atoms with E-state index in [2.05, 4.69) is 16.8 Å². The molecule has 0 aliphatic carbocycles. The third-order valence-corrected chi connectivity index (χ3v) is 3.61. The van der Waals surface area contributed by atoms with Crippen LogP contribution in [0, 0.1) is 42.0 Å². The summed E-state index contributed by atoms with van der Waals surface area (Å²) in [6.07, 6.45) is 1.36. The van der Waals surface area contributed by atoms with Crippen molar-refractivity contribution >= 4 is 0 Å². The molecule has 1 heterocycles. The molecule has 5 heteroatoms. The molecule has 0 amide bonds.